The van der Waals surface area contributed by atoms with Crippen LogP contribution in [0.15, 0.2) is 4.99 Å². The van der Waals surface area contributed by atoms with Crippen LogP contribution in [0.1, 0.15) is 27.7 Å². The number of ether oxygens (including phenoxy) is 6. The summed E-state index contributed by atoms with van der Waals surface area (Å²) in [6, 6.07) is -1.36. The predicted molar refractivity (Wildman–Crippen MR) is 115 cm³/mol. The molecule has 0 aliphatic carbocycles. The van der Waals surface area contributed by atoms with Gasteiger partial charge in [-0.2, -0.15) is 4.99 Å². The van der Waals surface area contributed by atoms with Crippen molar-refractivity contribution in [2.24, 2.45) is 4.99 Å². The number of hydrogen-bond donors (Lipinski definition) is 4. The van der Waals surface area contributed by atoms with Crippen LogP contribution in [0.2, 0.25) is 0 Å². The van der Waals surface area contributed by atoms with Crippen molar-refractivity contribution in [3.05, 3.63) is 0 Å². The van der Waals surface area contributed by atoms with E-state index in [0.29, 0.717) is 0 Å². The van der Waals surface area contributed by atoms with E-state index in [9.17, 15) is 39.6 Å². The van der Waals surface area contributed by atoms with Crippen LogP contribution in [0.5, 0.6) is 0 Å². The third-order valence-electron chi connectivity index (χ3n) is 5.85. The number of aliphatic hydroxyl groups is 4. The Hall–Kier alpha value is -3.05. The Labute approximate surface area is 210 Å². The largest absolute Gasteiger partial charge is 0.463 e. The molecule has 208 valence electrons. The molecule has 0 aromatic rings. The van der Waals surface area contributed by atoms with Gasteiger partial charge in [-0.1, -0.05) is 0 Å². The molecular weight excluding hydrogens is 504 g/mol. The number of carbonyl (C=O) groups excluding carboxylic acids is 4. The number of amidine groups is 1. The van der Waals surface area contributed by atoms with E-state index in [1.165, 1.54) is 0 Å². The van der Waals surface area contributed by atoms with Crippen molar-refractivity contribution in [3.63, 3.8) is 0 Å². The first-order chi connectivity index (χ1) is 17.3. The van der Waals surface area contributed by atoms with Crippen molar-refractivity contribution < 1.29 is 68.0 Å². The first-order valence-electron chi connectivity index (χ1n) is 11.3. The Morgan fingerprint density at radius 3 is 1.97 bits per heavy atom. The molecule has 0 spiro atoms. The average molecular weight is 534 g/mol. The molecule has 3 rings (SSSR count). The zero-order valence-electron chi connectivity index (χ0n) is 20.5. The lowest BCUT2D eigenvalue weighted by Gasteiger charge is -2.44. The molecule has 0 radical (unpaired) electrons. The molecule has 0 aromatic heterocycles. The van der Waals surface area contributed by atoms with Gasteiger partial charge >= 0.3 is 23.9 Å². The molecule has 3 heterocycles. The fourth-order valence-corrected chi connectivity index (χ4v) is 4.32. The lowest BCUT2D eigenvalue weighted by Crippen LogP contribution is -2.66. The van der Waals surface area contributed by atoms with Crippen LogP contribution >= 0.6 is 0 Å². The molecule has 0 bridgehead atoms. The van der Waals surface area contributed by atoms with Crippen molar-refractivity contribution in [3.8, 4) is 0 Å². The van der Waals surface area contributed by atoms with Crippen molar-refractivity contribution in [2.75, 3.05) is 13.2 Å². The van der Waals surface area contributed by atoms with Gasteiger partial charge in [-0.3, -0.25) is 24.1 Å². The maximum Gasteiger partial charge on any atom is 0.303 e. The van der Waals surface area contributed by atoms with Crippen LogP contribution < -0.4 is 0 Å². The molecular formula is C21H30N2O14. The highest BCUT2D eigenvalue weighted by atomic mass is 16.7. The minimum absolute atomic E-state index is 0.244. The summed E-state index contributed by atoms with van der Waals surface area (Å²) < 4.78 is 32.2. The van der Waals surface area contributed by atoms with Gasteiger partial charge in [0.05, 0.1) is 6.04 Å². The summed E-state index contributed by atoms with van der Waals surface area (Å²) in [6.45, 7) is 3.62. The van der Waals surface area contributed by atoms with E-state index in [1.807, 2.05) is 0 Å². The van der Waals surface area contributed by atoms with E-state index in [2.05, 4.69) is 4.99 Å². The summed E-state index contributed by atoms with van der Waals surface area (Å²) in [6.07, 6.45) is -13.9. The van der Waals surface area contributed by atoms with Gasteiger partial charge in [-0.25, -0.2) is 0 Å². The molecule has 0 saturated carbocycles. The SMILES string of the molecule is CC(=O)OC[C@H]1O[C@@H](/N=C2/OC[C@@H]3[C@@H](O)[C@H](O)[C@@H](O)[C@@H](O)N23)[C@H](OC(C)=O)[C@@H](OC(C)=O)[C@@H]1OC(C)=O. The topological polar surface area (TPSA) is 220 Å². The predicted octanol–water partition coefficient (Wildman–Crippen LogP) is -3.46. The molecule has 3 fully saturated rings. The van der Waals surface area contributed by atoms with E-state index in [4.69, 9.17) is 28.4 Å². The number of aliphatic imine (C=N–C) groups is 1. The summed E-state index contributed by atoms with van der Waals surface area (Å²) in [4.78, 5) is 52.3. The molecule has 3 saturated heterocycles. The molecule has 4 N–H and O–H groups in total. The monoisotopic (exact) mass is 534 g/mol. The number of fused-ring (bicyclic) bond motifs is 1. The van der Waals surface area contributed by atoms with Crippen LogP contribution in [-0.4, -0.2) is 130 Å². The van der Waals surface area contributed by atoms with Gasteiger partial charge in [-0.05, 0) is 0 Å². The minimum atomic E-state index is -1.78. The second kappa shape index (κ2) is 11.6. The molecule has 0 aromatic carbocycles. The van der Waals surface area contributed by atoms with Gasteiger partial charge in [0, 0.05) is 27.7 Å². The van der Waals surface area contributed by atoms with E-state index >= 15 is 0 Å². The number of esters is 4. The van der Waals surface area contributed by atoms with Gasteiger partial charge in [0.1, 0.15) is 37.6 Å². The molecule has 0 unspecified atom stereocenters. The Kier molecular flexibility index (Phi) is 8.91. The van der Waals surface area contributed by atoms with Crippen molar-refractivity contribution in [2.45, 2.75) is 88.9 Å². The van der Waals surface area contributed by atoms with E-state index in [1.54, 1.807) is 0 Å². The maximum absolute atomic E-state index is 11.9. The zero-order chi connectivity index (χ0) is 27.6. The Morgan fingerprint density at radius 1 is 0.838 bits per heavy atom. The quantitative estimate of drug-likeness (QED) is 0.192. The third kappa shape index (κ3) is 6.27. The number of rotatable bonds is 6. The van der Waals surface area contributed by atoms with Crippen LogP contribution in [0.25, 0.3) is 0 Å². The molecule has 3 aliphatic rings. The highest BCUT2D eigenvalue weighted by Gasteiger charge is 2.55. The van der Waals surface area contributed by atoms with Crippen LogP contribution in [0.3, 0.4) is 0 Å². The number of hydrogen-bond acceptors (Lipinski definition) is 15. The van der Waals surface area contributed by atoms with Gasteiger partial charge in [0.25, 0.3) is 6.02 Å². The van der Waals surface area contributed by atoms with E-state index in [-0.39, 0.29) is 12.6 Å². The van der Waals surface area contributed by atoms with Crippen LogP contribution in [0, 0.1) is 0 Å². The Balaban J connectivity index is 2.03. The van der Waals surface area contributed by atoms with Crippen LogP contribution in [-0.2, 0) is 47.6 Å². The van der Waals surface area contributed by atoms with Gasteiger partial charge in [0.2, 0.25) is 0 Å². The lowest BCUT2D eigenvalue weighted by atomic mass is 9.94. The summed E-state index contributed by atoms with van der Waals surface area (Å²) in [7, 11) is 0. The highest BCUT2D eigenvalue weighted by molar-refractivity contribution is 5.77. The molecule has 16 nitrogen and oxygen atoms in total. The Bertz CT molecular complexity index is 927. The third-order valence-corrected chi connectivity index (χ3v) is 5.85. The lowest BCUT2D eigenvalue weighted by molar-refractivity contribution is -0.251. The summed E-state index contributed by atoms with van der Waals surface area (Å²) >= 11 is 0. The standard InChI is InChI=1S/C21H30N2O14/c1-7(24)32-6-12-16(34-8(2)25)17(35-9(3)26)18(36-10(4)27)19(37-12)22-21-23-11(5-33-21)13(28)14(29)15(30)20(23)31/h11-20,28-31H,5-6H2,1-4H3/b22-21+/t11-,12-,13-,14+,15-,16-,17+,18-,19-,20-/m1/s1. The van der Waals surface area contributed by atoms with Gasteiger partial charge in [-0.15, -0.1) is 0 Å². The number of piperidine rings is 1. The first kappa shape index (κ1) is 28.5. The summed E-state index contributed by atoms with van der Waals surface area (Å²) in [5, 5.41) is 40.9. The minimum Gasteiger partial charge on any atom is -0.463 e. The van der Waals surface area contributed by atoms with Gasteiger partial charge < -0.3 is 48.8 Å². The average Bonchev–Trinajstić information content (AvgIpc) is 3.21. The van der Waals surface area contributed by atoms with Crippen LogP contribution in [0.4, 0.5) is 0 Å². The highest BCUT2D eigenvalue weighted by Crippen LogP contribution is 2.33. The first-order valence-corrected chi connectivity index (χ1v) is 11.3. The van der Waals surface area contributed by atoms with Crippen molar-refractivity contribution in [1.82, 2.24) is 4.90 Å². The second-order valence-electron chi connectivity index (χ2n) is 8.67. The number of aliphatic hydroxyl groups excluding tert-OH is 4. The molecule has 10 atom stereocenters. The molecule has 37 heavy (non-hydrogen) atoms. The summed E-state index contributed by atoms with van der Waals surface area (Å²) in [5.41, 5.74) is 0. The molecule has 0 amide bonds. The fraction of sp³-hybridized carbons (Fsp3) is 0.762. The Morgan fingerprint density at radius 2 is 1.41 bits per heavy atom. The molecule has 16 heteroatoms. The van der Waals surface area contributed by atoms with E-state index < -0.39 is 91.7 Å². The van der Waals surface area contributed by atoms with E-state index in [0.717, 1.165) is 32.6 Å². The maximum atomic E-state index is 11.9. The smallest absolute Gasteiger partial charge is 0.303 e. The normalized spacial score (nSPS) is 38.3. The van der Waals surface area contributed by atoms with Crippen molar-refractivity contribution in [1.29, 1.82) is 0 Å². The molecule has 3 aliphatic heterocycles. The fourth-order valence-electron chi connectivity index (χ4n) is 4.32. The van der Waals surface area contributed by atoms with Gasteiger partial charge in [0.15, 0.2) is 30.8 Å². The summed E-state index contributed by atoms with van der Waals surface area (Å²) in [5.74, 6) is -3.17. The number of nitrogens with zero attached hydrogens (tertiary/aromatic N) is 2. The second-order valence-corrected chi connectivity index (χ2v) is 8.67. The number of carbonyl (C=O) groups is 4. The van der Waals surface area contributed by atoms with Crippen molar-refractivity contribution >= 4 is 29.9 Å². The zero-order valence-corrected chi connectivity index (χ0v) is 20.5.